The summed E-state index contributed by atoms with van der Waals surface area (Å²) in [6.07, 6.45) is 1.88. The first kappa shape index (κ1) is 13.4. The van der Waals surface area contributed by atoms with Crippen molar-refractivity contribution in [1.82, 2.24) is 9.97 Å². The number of hydrogen-bond donors (Lipinski definition) is 2. The summed E-state index contributed by atoms with van der Waals surface area (Å²) in [4.78, 5) is 27.7. The summed E-state index contributed by atoms with van der Waals surface area (Å²) in [6.45, 7) is 1.48. The van der Waals surface area contributed by atoms with E-state index in [1.807, 2.05) is 12.1 Å². The molecule has 1 unspecified atom stereocenters. The van der Waals surface area contributed by atoms with Crippen LogP contribution in [0.4, 0.5) is 0 Å². The largest absolute Gasteiger partial charge is 0.381 e. The zero-order valence-corrected chi connectivity index (χ0v) is 11.6. The number of fused-ring (bicyclic) bond motifs is 1. The van der Waals surface area contributed by atoms with E-state index in [0.717, 1.165) is 31.6 Å². The molecule has 2 heterocycles. The zero-order chi connectivity index (χ0) is 14.1. The van der Waals surface area contributed by atoms with Crippen LogP contribution in [0.15, 0.2) is 27.8 Å². The third kappa shape index (κ3) is 2.51. The van der Waals surface area contributed by atoms with Gasteiger partial charge in [-0.25, -0.2) is 0 Å². The molecule has 0 aliphatic carbocycles. The highest BCUT2D eigenvalue weighted by molar-refractivity contribution is 6.21. The molecule has 0 spiro atoms. The first-order chi connectivity index (χ1) is 9.65. The predicted molar refractivity (Wildman–Crippen MR) is 77.3 cm³/mol. The Morgan fingerprint density at radius 1 is 1.10 bits per heavy atom. The lowest BCUT2D eigenvalue weighted by molar-refractivity contribution is 0.0651. The van der Waals surface area contributed by atoms with Gasteiger partial charge in [-0.1, -0.05) is 6.07 Å². The van der Waals surface area contributed by atoms with E-state index in [1.54, 1.807) is 6.07 Å². The van der Waals surface area contributed by atoms with Crippen LogP contribution in [0, 0.1) is 5.92 Å². The van der Waals surface area contributed by atoms with E-state index in [4.69, 9.17) is 16.3 Å². The molecule has 0 amide bonds. The summed E-state index contributed by atoms with van der Waals surface area (Å²) in [6, 6.07) is 5.50. The second-order valence-corrected chi connectivity index (χ2v) is 5.54. The third-order valence-electron chi connectivity index (χ3n) is 3.74. The molecule has 2 aromatic rings. The van der Waals surface area contributed by atoms with Gasteiger partial charge in [-0.15, -0.1) is 11.6 Å². The van der Waals surface area contributed by atoms with Crippen molar-refractivity contribution >= 4 is 22.6 Å². The van der Waals surface area contributed by atoms with E-state index in [0.29, 0.717) is 17.0 Å². The molecule has 6 heteroatoms. The Morgan fingerprint density at radius 2 is 1.75 bits per heavy atom. The molecule has 1 fully saturated rings. The van der Waals surface area contributed by atoms with E-state index >= 15 is 0 Å². The minimum Gasteiger partial charge on any atom is -0.381 e. The minimum atomic E-state index is -0.646. The Balaban J connectivity index is 1.97. The second-order valence-electron chi connectivity index (χ2n) is 5.06. The first-order valence-corrected chi connectivity index (χ1v) is 7.07. The van der Waals surface area contributed by atoms with Crippen molar-refractivity contribution in [1.29, 1.82) is 0 Å². The molecule has 1 saturated heterocycles. The number of aromatic amines is 2. The number of aromatic nitrogens is 2. The van der Waals surface area contributed by atoms with Crippen LogP contribution in [0.2, 0.25) is 0 Å². The summed E-state index contributed by atoms with van der Waals surface area (Å²) in [5.41, 5.74) is 0.872. The molecule has 5 nitrogen and oxygen atoms in total. The monoisotopic (exact) mass is 294 g/mol. The number of ether oxygens (including phenoxy) is 1. The van der Waals surface area contributed by atoms with Crippen LogP contribution in [-0.4, -0.2) is 23.2 Å². The van der Waals surface area contributed by atoms with Crippen LogP contribution in [0.5, 0.6) is 0 Å². The number of benzene rings is 1. The molecule has 20 heavy (non-hydrogen) atoms. The lowest BCUT2D eigenvalue weighted by Crippen LogP contribution is -2.29. The minimum absolute atomic E-state index is 0.112. The summed E-state index contributed by atoms with van der Waals surface area (Å²) < 4.78 is 5.34. The van der Waals surface area contributed by atoms with Crippen LogP contribution in [0.25, 0.3) is 11.0 Å². The maximum Gasteiger partial charge on any atom is 0.314 e. The molecule has 0 saturated carbocycles. The molecule has 0 radical (unpaired) electrons. The first-order valence-electron chi connectivity index (χ1n) is 6.63. The molecule has 1 aromatic heterocycles. The standard InChI is InChI=1S/C14H15ClN2O3/c15-12(8-3-5-20-6-4-8)9-1-2-10-11(7-9)17-14(19)13(18)16-10/h1-2,7-8,12H,3-6H2,(H,16,18)(H,17,19). The number of halogens is 1. The van der Waals surface area contributed by atoms with Crippen LogP contribution in [0.3, 0.4) is 0 Å². The van der Waals surface area contributed by atoms with Crippen molar-refractivity contribution in [3.8, 4) is 0 Å². The van der Waals surface area contributed by atoms with Gasteiger partial charge in [0.1, 0.15) is 0 Å². The number of H-pyrrole nitrogens is 2. The smallest absolute Gasteiger partial charge is 0.314 e. The summed E-state index contributed by atoms with van der Waals surface area (Å²) in [7, 11) is 0. The molecular formula is C14H15ClN2O3. The van der Waals surface area contributed by atoms with Crippen molar-refractivity contribution in [2.45, 2.75) is 18.2 Å². The summed E-state index contributed by atoms with van der Waals surface area (Å²) >= 11 is 6.54. The molecule has 3 rings (SSSR count). The molecule has 106 valence electrons. The molecular weight excluding hydrogens is 280 g/mol. The Bertz CT molecular complexity index is 731. The fourth-order valence-electron chi connectivity index (χ4n) is 2.58. The van der Waals surface area contributed by atoms with Gasteiger partial charge >= 0.3 is 11.1 Å². The highest BCUT2D eigenvalue weighted by atomic mass is 35.5. The highest BCUT2D eigenvalue weighted by Crippen LogP contribution is 2.35. The fraction of sp³-hybridized carbons (Fsp3) is 0.429. The topological polar surface area (TPSA) is 75.0 Å². The Hall–Kier alpha value is -1.59. The number of nitrogens with one attached hydrogen (secondary N) is 2. The lowest BCUT2D eigenvalue weighted by Gasteiger charge is -2.26. The van der Waals surface area contributed by atoms with E-state index in [-0.39, 0.29) is 5.38 Å². The molecule has 1 atom stereocenters. The van der Waals surface area contributed by atoms with Gasteiger partial charge in [-0.05, 0) is 36.5 Å². The fourth-order valence-corrected chi connectivity index (χ4v) is 2.97. The molecule has 1 aromatic carbocycles. The number of hydrogen-bond acceptors (Lipinski definition) is 3. The highest BCUT2D eigenvalue weighted by Gasteiger charge is 2.23. The van der Waals surface area contributed by atoms with Crippen molar-refractivity contribution in [2.75, 3.05) is 13.2 Å². The molecule has 0 bridgehead atoms. The van der Waals surface area contributed by atoms with E-state index in [2.05, 4.69) is 9.97 Å². The van der Waals surface area contributed by atoms with E-state index < -0.39 is 11.1 Å². The normalized spacial score (nSPS) is 18.2. The zero-order valence-electron chi connectivity index (χ0n) is 10.8. The van der Waals surface area contributed by atoms with Crippen LogP contribution < -0.4 is 11.1 Å². The predicted octanol–water partition coefficient (Wildman–Crippen LogP) is 1.92. The van der Waals surface area contributed by atoms with E-state index in [9.17, 15) is 9.59 Å². The van der Waals surface area contributed by atoms with Crippen molar-refractivity contribution in [3.63, 3.8) is 0 Å². The van der Waals surface area contributed by atoms with Gasteiger partial charge in [0.2, 0.25) is 0 Å². The average Bonchev–Trinajstić information content (AvgIpc) is 2.48. The van der Waals surface area contributed by atoms with Crippen molar-refractivity contribution < 1.29 is 4.74 Å². The van der Waals surface area contributed by atoms with Gasteiger partial charge in [0.25, 0.3) is 0 Å². The maximum atomic E-state index is 11.4. The van der Waals surface area contributed by atoms with Crippen LogP contribution >= 0.6 is 11.6 Å². The van der Waals surface area contributed by atoms with Gasteiger partial charge in [-0.2, -0.15) is 0 Å². The van der Waals surface area contributed by atoms with E-state index in [1.165, 1.54) is 0 Å². The third-order valence-corrected chi connectivity index (χ3v) is 4.35. The lowest BCUT2D eigenvalue weighted by atomic mass is 9.91. The van der Waals surface area contributed by atoms with Gasteiger partial charge in [0, 0.05) is 13.2 Å². The van der Waals surface area contributed by atoms with Crippen LogP contribution in [-0.2, 0) is 4.74 Å². The summed E-state index contributed by atoms with van der Waals surface area (Å²) in [5.74, 6) is 0.373. The van der Waals surface area contributed by atoms with Crippen molar-refractivity contribution in [2.24, 2.45) is 5.92 Å². The van der Waals surface area contributed by atoms with Gasteiger partial charge in [0.15, 0.2) is 0 Å². The average molecular weight is 295 g/mol. The van der Waals surface area contributed by atoms with Gasteiger partial charge in [-0.3, -0.25) is 9.59 Å². The number of alkyl halides is 1. The molecule has 1 aliphatic rings. The maximum absolute atomic E-state index is 11.4. The Kier molecular flexibility index (Phi) is 3.63. The van der Waals surface area contributed by atoms with Crippen LogP contribution in [0.1, 0.15) is 23.8 Å². The SMILES string of the molecule is O=c1[nH]c2ccc(C(Cl)C3CCOCC3)cc2[nH]c1=O. The summed E-state index contributed by atoms with van der Waals surface area (Å²) in [5, 5.41) is -0.112. The quantitative estimate of drug-likeness (QED) is 0.656. The molecule has 1 aliphatic heterocycles. The molecule has 2 N–H and O–H groups in total. The Morgan fingerprint density at radius 3 is 2.45 bits per heavy atom. The van der Waals surface area contributed by atoms with Gasteiger partial charge < -0.3 is 14.7 Å². The Labute approximate surface area is 119 Å². The van der Waals surface area contributed by atoms with Gasteiger partial charge in [0.05, 0.1) is 16.4 Å². The van der Waals surface area contributed by atoms with Crippen molar-refractivity contribution in [3.05, 3.63) is 44.5 Å². The second kappa shape index (κ2) is 5.42. The number of rotatable bonds is 2.